The number of fused-ring (bicyclic) bond motifs is 1. The van der Waals surface area contributed by atoms with Crippen LogP contribution < -0.4 is 4.74 Å². The highest BCUT2D eigenvalue weighted by atomic mass is 32.2. The SMILES string of the molecule is COc1cccc2cc(C(=O)N3CCN(S(=O)(=O)C4CC4)CC3)oc12. The molecule has 0 N–H and O–H groups in total. The number of nitrogens with zero attached hydrogens (tertiary/aromatic N) is 2. The van der Waals surface area contributed by atoms with Crippen molar-refractivity contribution in [2.75, 3.05) is 33.3 Å². The Morgan fingerprint density at radius 3 is 2.56 bits per heavy atom. The van der Waals surface area contributed by atoms with Crippen LogP contribution in [-0.4, -0.2) is 62.1 Å². The normalized spacial score (nSPS) is 19.3. The van der Waals surface area contributed by atoms with Gasteiger partial charge in [-0.05, 0) is 25.0 Å². The highest BCUT2D eigenvalue weighted by molar-refractivity contribution is 7.90. The maximum Gasteiger partial charge on any atom is 0.289 e. The van der Waals surface area contributed by atoms with Crippen molar-refractivity contribution in [2.24, 2.45) is 0 Å². The average Bonchev–Trinajstić information content (AvgIpc) is 3.40. The lowest BCUT2D eigenvalue weighted by Crippen LogP contribution is -2.51. The fourth-order valence-corrected chi connectivity index (χ4v) is 5.01. The number of carbonyl (C=O) groups excluding carboxylic acids is 1. The molecule has 1 saturated carbocycles. The predicted molar refractivity (Wildman–Crippen MR) is 92.2 cm³/mol. The summed E-state index contributed by atoms with van der Waals surface area (Å²) in [5.41, 5.74) is 0.545. The molecule has 8 heteroatoms. The van der Waals surface area contributed by atoms with Gasteiger partial charge >= 0.3 is 0 Å². The molecule has 2 aromatic rings. The zero-order valence-electron chi connectivity index (χ0n) is 14.0. The van der Waals surface area contributed by atoms with Gasteiger partial charge in [-0.1, -0.05) is 12.1 Å². The molecule has 0 atom stereocenters. The van der Waals surface area contributed by atoms with Crippen LogP contribution in [0.5, 0.6) is 5.75 Å². The second kappa shape index (κ2) is 6.03. The van der Waals surface area contributed by atoms with Gasteiger partial charge in [-0.2, -0.15) is 4.31 Å². The van der Waals surface area contributed by atoms with Crippen LogP contribution in [-0.2, 0) is 10.0 Å². The molecule has 2 heterocycles. The van der Waals surface area contributed by atoms with Crippen molar-refractivity contribution < 1.29 is 22.4 Å². The summed E-state index contributed by atoms with van der Waals surface area (Å²) in [4.78, 5) is 14.3. The van der Waals surface area contributed by atoms with Gasteiger partial charge in [0, 0.05) is 31.6 Å². The summed E-state index contributed by atoms with van der Waals surface area (Å²) in [6, 6.07) is 7.18. The van der Waals surface area contributed by atoms with E-state index >= 15 is 0 Å². The fraction of sp³-hybridized carbons (Fsp3) is 0.471. The number of piperazine rings is 1. The molecule has 1 saturated heterocycles. The lowest BCUT2D eigenvalue weighted by Gasteiger charge is -2.33. The Kier molecular flexibility index (Phi) is 3.96. The summed E-state index contributed by atoms with van der Waals surface area (Å²) < 4.78 is 37.0. The molecule has 2 fully saturated rings. The van der Waals surface area contributed by atoms with Crippen molar-refractivity contribution in [1.82, 2.24) is 9.21 Å². The first-order chi connectivity index (χ1) is 12.0. The number of carbonyl (C=O) groups is 1. The molecule has 25 heavy (non-hydrogen) atoms. The first kappa shape index (κ1) is 16.4. The summed E-state index contributed by atoms with van der Waals surface area (Å²) in [6.07, 6.45) is 1.50. The van der Waals surface area contributed by atoms with Gasteiger partial charge in [0.05, 0.1) is 12.4 Å². The zero-order chi connectivity index (χ0) is 17.6. The molecule has 0 unspecified atom stereocenters. The number of methoxy groups -OCH3 is 1. The molecule has 2 aliphatic rings. The molecular formula is C17H20N2O5S. The van der Waals surface area contributed by atoms with E-state index in [9.17, 15) is 13.2 Å². The van der Waals surface area contributed by atoms with Crippen molar-refractivity contribution in [1.29, 1.82) is 0 Å². The monoisotopic (exact) mass is 364 g/mol. The number of ether oxygens (including phenoxy) is 1. The Bertz CT molecular complexity index is 908. The second-order valence-electron chi connectivity index (χ2n) is 6.42. The van der Waals surface area contributed by atoms with Crippen LogP contribution in [0.1, 0.15) is 23.4 Å². The molecule has 1 aromatic heterocycles. The van der Waals surface area contributed by atoms with E-state index in [2.05, 4.69) is 0 Å². The molecule has 4 rings (SSSR count). The lowest BCUT2D eigenvalue weighted by molar-refractivity contribution is 0.0668. The summed E-state index contributed by atoms with van der Waals surface area (Å²) in [6.45, 7) is 1.43. The van der Waals surface area contributed by atoms with Gasteiger partial charge in [-0.25, -0.2) is 8.42 Å². The first-order valence-corrected chi connectivity index (χ1v) is 9.86. The highest BCUT2D eigenvalue weighted by Gasteiger charge is 2.41. The quantitative estimate of drug-likeness (QED) is 0.825. The molecule has 0 spiro atoms. The van der Waals surface area contributed by atoms with Crippen molar-refractivity contribution in [3.05, 3.63) is 30.0 Å². The standard InChI is InChI=1S/C17H20N2O5S/c1-23-14-4-2-3-12-11-15(24-16(12)14)17(20)18-7-9-19(10-8-18)25(21,22)13-5-6-13/h2-4,11,13H,5-10H2,1H3. The van der Waals surface area contributed by atoms with E-state index in [1.807, 2.05) is 12.1 Å². The Balaban J connectivity index is 1.49. The van der Waals surface area contributed by atoms with Gasteiger partial charge in [0.25, 0.3) is 5.91 Å². The minimum Gasteiger partial charge on any atom is -0.493 e. The van der Waals surface area contributed by atoms with Crippen LogP contribution in [0.15, 0.2) is 28.7 Å². The highest BCUT2D eigenvalue weighted by Crippen LogP contribution is 2.32. The first-order valence-electron chi connectivity index (χ1n) is 8.35. The van der Waals surface area contributed by atoms with Crippen LogP contribution in [0.4, 0.5) is 0 Å². The Morgan fingerprint density at radius 1 is 1.20 bits per heavy atom. The van der Waals surface area contributed by atoms with Gasteiger partial charge < -0.3 is 14.1 Å². The molecule has 1 aromatic carbocycles. The third-order valence-electron chi connectivity index (χ3n) is 4.77. The molecule has 0 bridgehead atoms. The topological polar surface area (TPSA) is 80.1 Å². The molecule has 1 amide bonds. The molecule has 0 radical (unpaired) electrons. The zero-order valence-corrected chi connectivity index (χ0v) is 14.8. The van der Waals surface area contributed by atoms with E-state index in [0.29, 0.717) is 37.5 Å². The number of hydrogen-bond acceptors (Lipinski definition) is 5. The molecule has 134 valence electrons. The number of sulfonamides is 1. The molecule has 7 nitrogen and oxygen atoms in total. The minimum atomic E-state index is -3.18. The molecule has 1 aliphatic carbocycles. The summed E-state index contributed by atoms with van der Waals surface area (Å²) >= 11 is 0. The molecule has 1 aliphatic heterocycles. The van der Waals surface area contributed by atoms with Gasteiger partial charge in [0.15, 0.2) is 17.1 Å². The number of hydrogen-bond donors (Lipinski definition) is 0. The number of amides is 1. The number of furan rings is 1. The maximum atomic E-state index is 12.7. The smallest absolute Gasteiger partial charge is 0.289 e. The van der Waals surface area contributed by atoms with Crippen LogP contribution in [0.25, 0.3) is 11.0 Å². The number of para-hydroxylation sites is 1. The second-order valence-corrected chi connectivity index (χ2v) is 8.64. The van der Waals surface area contributed by atoms with Gasteiger partial charge in [0.2, 0.25) is 10.0 Å². The van der Waals surface area contributed by atoms with Crippen molar-refractivity contribution >= 4 is 26.9 Å². The van der Waals surface area contributed by atoms with E-state index in [1.54, 1.807) is 24.1 Å². The van der Waals surface area contributed by atoms with Gasteiger partial charge in [-0.3, -0.25) is 4.79 Å². The van der Waals surface area contributed by atoms with Gasteiger partial charge in [0.1, 0.15) is 0 Å². The minimum absolute atomic E-state index is 0.211. The van der Waals surface area contributed by atoms with Crippen molar-refractivity contribution in [3.8, 4) is 5.75 Å². The van der Waals surface area contributed by atoms with E-state index < -0.39 is 10.0 Å². The third kappa shape index (κ3) is 2.89. The van der Waals surface area contributed by atoms with E-state index in [0.717, 1.165) is 18.2 Å². The fourth-order valence-electron chi connectivity index (χ4n) is 3.18. The van der Waals surface area contributed by atoms with Crippen LogP contribution >= 0.6 is 0 Å². The number of benzene rings is 1. The largest absolute Gasteiger partial charge is 0.493 e. The number of rotatable bonds is 4. The Hall–Kier alpha value is -2.06. The molecular weight excluding hydrogens is 344 g/mol. The van der Waals surface area contributed by atoms with Crippen LogP contribution in [0.3, 0.4) is 0 Å². The summed E-state index contributed by atoms with van der Waals surface area (Å²) in [5.74, 6) is 0.608. The van der Waals surface area contributed by atoms with Gasteiger partial charge in [-0.15, -0.1) is 0 Å². The summed E-state index contributed by atoms with van der Waals surface area (Å²) in [7, 11) is -1.62. The van der Waals surface area contributed by atoms with Crippen molar-refractivity contribution in [3.63, 3.8) is 0 Å². The van der Waals surface area contributed by atoms with Crippen LogP contribution in [0, 0.1) is 0 Å². The van der Waals surface area contributed by atoms with Crippen molar-refractivity contribution in [2.45, 2.75) is 18.1 Å². The van der Waals surface area contributed by atoms with E-state index in [-0.39, 0.29) is 16.9 Å². The lowest BCUT2D eigenvalue weighted by atomic mass is 10.2. The Morgan fingerprint density at radius 2 is 1.92 bits per heavy atom. The Labute approximate surface area is 146 Å². The van der Waals surface area contributed by atoms with E-state index in [1.165, 1.54) is 4.31 Å². The van der Waals surface area contributed by atoms with E-state index in [4.69, 9.17) is 9.15 Å². The summed E-state index contributed by atoms with van der Waals surface area (Å²) in [5, 5.41) is 0.593. The third-order valence-corrected chi connectivity index (χ3v) is 7.17. The predicted octanol–water partition coefficient (Wildman–Crippen LogP) is 1.69. The average molecular weight is 364 g/mol. The maximum absolute atomic E-state index is 12.7. The van der Waals surface area contributed by atoms with Crippen LogP contribution in [0.2, 0.25) is 0 Å².